The molecular formula is C10H7BrFNO. The summed E-state index contributed by atoms with van der Waals surface area (Å²) in [5, 5.41) is 9.51. The van der Waals surface area contributed by atoms with Crippen LogP contribution in [-0.4, -0.2) is 10.8 Å². The predicted octanol–water partition coefficient (Wildman–Crippen LogP) is 3.00. The van der Waals surface area contributed by atoms with Crippen LogP contribution in [0.2, 0.25) is 0 Å². The summed E-state index contributed by atoms with van der Waals surface area (Å²) in [5.74, 6) is -0.550. The van der Waals surface area contributed by atoms with Crippen LogP contribution >= 0.6 is 15.9 Å². The number of hydrogen-bond donors (Lipinski definition) is 1. The Kier molecular flexibility index (Phi) is 2.37. The van der Waals surface area contributed by atoms with Gasteiger partial charge < -0.3 is 5.11 Å². The number of phenols is 1. The number of rotatable bonds is 1. The summed E-state index contributed by atoms with van der Waals surface area (Å²) in [6.45, 7) is 0. The van der Waals surface area contributed by atoms with Gasteiger partial charge in [-0.05, 0) is 22.0 Å². The van der Waals surface area contributed by atoms with Gasteiger partial charge in [0.1, 0.15) is 11.6 Å². The van der Waals surface area contributed by atoms with Crippen LogP contribution in [0.3, 0.4) is 0 Å². The van der Waals surface area contributed by atoms with Gasteiger partial charge in [-0.1, -0.05) is 6.08 Å². The maximum Gasteiger partial charge on any atom is 0.141 e. The van der Waals surface area contributed by atoms with Crippen LogP contribution in [-0.2, 0) is 0 Å². The fourth-order valence-electron chi connectivity index (χ4n) is 1.31. The van der Waals surface area contributed by atoms with Crippen molar-refractivity contribution in [2.24, 2.45) is 4.99 Å². The number of halogens is 2. The van der Waals surface area contributed by atoms with Crippen molar-refractivity contribution in [3.8, 4) is 5.75 Å². The minimum absolute atomic E-state index is 0.0758. The molecule has 2 nitrogen and oxygen atoms in total. The fourth-order valence-corrected chi connectivity index (χ4v) is 1.65. The molecule has 1 aromatic rings. The molecule has 2 rings (SSSR count). The van der Waals surface area contributed by atoms with Crippen LogP contribution in [0.25, 0.3) is 0 Å². The van der Waals surface area contributed by atoms with Gasteiger partial charge in [0, 0.05) is 24.3 Å². The van der Waals surface area contributed by atoms with E-state index in [9.17, 15) is 9.50 Å². The molecule has 0 aliphatic carbocycles. The van der Waals surface area contributed by atoms with Gasteiger partial charge in [-0.15, -0.1) is 0 Å². The molecule has 1 aliphatic rings. The molecule has 0 atom stereocenters. The monoisotopic (exact) mass is 255 g/mol. The molecular weight excluding hydrogens is 249 g/mol. The minimum Gasteiger partial charge on any atom is -0.507 e. The number of aliphatic imine (C=N–C) groups is 1. The number of allylic oxidation sites excluding steroid dienone is 1. The van der Waals surface area contributed by atoms with Crippen molar-refractivity contribution in [1.82, 2.24) is 0 Å². The molecule has 0 amide bonds. The van der Waals surface area contributed by atoms with E-state index in [4.69, 9.17) is 0 Å². The number of nitrogens with zero attached hydrogens (tertiary/aromatic N) is 1. The van der Waals surface area contributed by atoms with Gasteiger partial charge in [-0.3, -0.25) is 4.99 Å². The zero-order chi connectivity index (χ0) is 10.1. The Morgan fingerprint density at radius 3 is 2.86 bits per heavy atom. The zero-order valence-corrected chi connectivity index (χ0v) is 8.75. The van der Waals surface area contributed by atoms with Crippen LogP contribution in [0.1, 0.15) is 12.0 Å². The quantitative estimate of drug-likeness (QED) is 0.823. The first-order chi connectivity index (χ1) is 6.68. The second-order valence-corrected chi connectivity index (χ2v) is 3.80. The lowest BCUT2D eigenvalue weighted by Crippen LogP contribution is -1.97. The van der Waals surface area contributed by atoms with E-state index in [1.807, 2.05) is 6.08 Å². The van der Waals surface area contributed by atoms with Crippen molar-refractivity contribution in [3.63, 3.8) is 0 Å². The molecule has 0 radical (unpaired) electrons. The molecule has 0 spiro atoms. The molecule has 1 aromatic carbocycles. The van der Waals surface area contributed by atoms with Crippen LogP contribution < -0.4 is 0 Å². The lowest BCUT2D eigenvalue weighted by Gasteiger charge is -2.05. The molecule has 0 fully saturated rings. The van der Waals surface area contributed by atoms with Gasteiger partial charge in [0.25, 0.3) is 0 Å². The number of benzene rings is 1. The molecule has 4 heteroatoms. The highest BCUT2D eigenvalue weighted by Gasteiger charge is 2.13. The Labute approximate surface area is 88.9 Å². The van der Waals surface area contributed by atoms with Crippen LogP contribution in [0.15, 0.2) is 33.9 Å². The van der Waals surface area contributed by atoms with E-state index in [0.717, 1.165) is 11.8 Å². The Bertz CT molecular complexity index is 440. The number of aromatic hydroxyl groups is 1. The summed E-state index contributed by atoms with van der Waals surface area (Å²) in [5.41, 5.74) is 1.33. The Hall–Kier alpha value is -1.16. The van der Waals surface area contributed by atoms with Gasteiger partial charge in [0.15, 0.2) is 0 Å². The lowest BCUT2D eigenvalue weighted by atomic mass is 10.1. The van der Waals surface area contributed by atoms with Crippen molar-refractivity contribution in [2.75, 3.05) is 0 Å². The van der Waals surface area contributed by atoms with Gasteiger partial charge in [0.2, 0.25) is 0 Å². The van der Waals surface area contributed by atoms with Crippen molar-refractivity contribution < 1.29 is 9.50 Å². The van der Waals surface area contributed by atoms with Crippen molar-refractivity contribution in [1.29, 1.82) is 0 Å². The second kappa shape index (κ2) is 3.53. The molecule has 0 saturated heterocycles. The summed E-state index contributed by atoms with van der Waals surface area (Å²) in [7, 11) is 0. The van der Waals surface area contributed by atoms with Crippen LogP contribution in [0.5, 0.6) is 5.75 Å². The molecule has 1 heterocycles. The molecule has 0 bridgehead atoms. The molecule has 1 N–H and O–H groups in total. The standard InChI is InChI=1S/C10H7BrFNO/c11-7-4-6(9-2-1-3-13-9)10(14)5-8(7)12/h1,3-5,14H,2H2. The Morgan fingerprint density at radius 1 is 1.43 bits per heavy atom. The zero-order valence-electron chi connectivity index (χ0n) is 7.17. The van der Waals surface area contributed by atoms with Gasteiger partial charge in [0.05, 0.1) is 10.2 Å². The summed E-state index contributed by atoms with van der Waals surface area (Å²) in [4.78, 5) is 4.07. The second-order valence-electron chi connectivity index (χ2n) is 2.95. The third-order valence-corrected chi connectivity index (χ3v) is 2.60. The Balaban J connectivity index is 2.48. The van der Waals surface area contributed by atoms with Gasteiger partial charge >= 0.3 is 0 Å². The van der Waals surface area contributed by atoms with Gasteiger partial charge in [-0.2, -0.15) is 0 Å². The highest BCUT2D eigenvalue weighted by Crippen LogP contribution is 2.27. The first-order valence-corrected chi connectivity index (χ1v) is 4.88. The topological polar surface area (TPSA) is 32.6 Å². The molecule has 0 unspecified atom stereocenters. The van der Waals surface area contributed by atoms with E-state index in [0.29, 0.717) is 16.5 Å². The fraction of sp³-hybridized carbons (Fsp3) is 0.100. The molecule has 0 saturated carbocycles. The summed E-state index contributed by atoms with van der Waals surface area (Å²) < 4.78 is 13.3. The highest BCUT2D eigenvalue weighted by atomic mass is 79.9. The van der Waals surface area contributed by atoms with E-state index in [2.05, 4.69) is 20.9 Å². The predicted molar refractivity (Wildman–Crippen MR) is 56.1 cm³/mol. The van der Waals surface area contributed by atoms with Crippen molar-refractivity contribution >= 4 is 21.6 Å². The molecule has 1 aliphatic heterocycles. The Morgan fingerprint density at radius 2 is 2.21 bits per heavy atom. The molecule has 14 heavy (non-hydrogen) atoms. The largest absolute Gasteiger partial charge is 0.507 e. The van der Waals surface area contributed by atoms with E-state index in [-0.39, 0.29) is 5.75 Å². The smallest absolute Gasteiger partial charge is 0.141 e. The average molecular weight is 256 g/mol. The average Bonchev–Trinajstić information content (AvgIpc) is 2.64. The van der Waals surface area contributed by atoms with Crippen molar-refractivity contribution in [3.05, 3.63) is 40.3 Å². The summed E-state index contributed by atoms with van der Waals surface area (Å²) in [6.07, 6.45) is 4.23. The SMILES string of the molecule is Oc1cc(F)c(Br)cc1C1=NC=CC1. The first kappa shape index (κ1) is 9.40. The lowest BCUT2D eigenvalue weighted by molar-refractivity contribution is 0.467. The summed E-state index contributed by atoms with van der Waals surface area (Å²) in [6, 6.07) is 2.62. The van der Waals surface area contributed by atoms with Gasteiger partial charge in [-0.25, -0.2) is 4.39 Å². The van der Waals surface area contributed by atoms with Crippen molar-refractivity contribution in [2.45, 2.75) is 6.42 Å². The molecule has 0 aromatic heterocycles. The maximum atomic E-state index is 13.0. The van der Waals surface area contributed by atoms with Crippen LogP contribution in [0, 0.1) is 5.82 Å². The maximum absolute atomic E-state index is 13.0. The normalized spacial score (nSPS) is 14.6. The van der Waals surface area contributed by atoms with E-state index in [1.54, 1.807) is 6.20 Å². The molecule has 72 valence electrons. The van der Waals surface area contributed by atoms with E-state index < -0.39 is 5.82 Å². The minimum atomic E-state index is -0.474. The number of hydrogen-bond acceptors (Lipinski definition) is 2. The highest BCUT2D eigenvalue weighted by molar-refractivity contribution is 9.10. The van der Waals surface area contributed by atoms with E-state index >= 15 is 0 Å². The van der Waals surface area contributed by atoms with E-state index in [1.165, 1.54) is 6.07 Å². The third-order valence-electron chi connectivity index (χ3n) is 2.00. The number of phenolic OH excluding ortho intramolecular Hbond substituents is 1. The summed E-state index contributed by atoms with van der Waals surface area (Å²) >= 11 is 3.07. The first-order valence-electron chi connectivity index (χ1n) is 4.08. The van der Waals surface area contributed by atoms with Crippen LogP contribution in [0.4, 0.5) is 4.39 Å². The third kappa shape index (κ3) is 1.57.